The largest absolute Gasteiger partial charge is 0.311 e. The minimum atomic E-state index is -3.48. The lowest BCUT2D eigenvalue weighted by molar-refractivity contribution is 0.251. The molecule has 1 aromatic heterocycles. The number of aryl methyl sites for hydroxylation is 2. The van der Waals surface area contributed by atoms with Crippen molar-refractivity contribution < 1.29 is 8.42 Å². The molecule has 2 fully saturated rings. The zero-order chi connectivity index (χ0) is 15.4. The molecule has 0 saturated carbocycles. The van der Waals surface area contributed by atoms with Crippen LogP contribution < -0.4 is 5.32 Å². The molecule has 2 saturated heterocycles. The molecule has 0 radical (unpaired) electrons. The lowest BCUT2D eigenvalue weighted by atomic mass is 10.0. The van der Waals surface area contributed by atoms with E-state index in [0.29, 0.717) is 28.4 Å². The van der Waals surface area contributed by atoms with Gasteiger partial charge in [0.2, 0.25) is 10.0 Å². The van der Waals surface area contributed by atoms with Gasteiger partial charge in [-0.1, -0.05) is 0 Å². The van der Waals surface area contributed by atoms with Gasteiger partial charge in [-0.05, 0) is 39.5 Å². The van der Waals surface area contributed by atoms with Gasteiger partial charge in [0, 0.05) is 32.2 Å². The first kappa shape index (κ1) is 15.0. The second-order valence-electron chi connectivity index (χ2n) is 6.41. The van der Waals surface area contributed by atoms with Gasteiger partial charge in [-0.2, -0.15) is 9.40 Å². The normalized spacial score (nSPS) is 29.3. The number of nitrogens with zero attached hydrogens (tertiary/aromatic N) is 3. The minimum absolute atomic E-state index is 0.0905. The van der Waals surface area contributed by atoms with Gasteiger partial charge >= 0.3 is 0 Å². The fourth-order valence-electron chi connectivity index (χ4n) is 3.79. The Kier molecular flexibility index (Phi) is 3.62. The smallest absolute Gasteiger partial charge is 0.246 e. The van der Waals surface area contributed by atoms with Crippen LogP contribution in [0.5, 0.6) is 0 Å². The summed E-state index contributed by atoms with van der Waals surface area (Å²) in [6, 6.07) is 1.04. The average Bonchev–Trinajstić information content (AvgIpc) is 2.88. The molecule has 2 aliphatic rings. The Hall–Kier alpha value is -0.920. The van der Waals surface area contributed by atoms with E-state index in [-0.39, 0.29) is 6.04 Å². The van der Waals surface area contributed by atoms with Crippen molar-refractivity contribution in [3.8, 4) is 0 Å². The van der Waals surface area contributed by atoms with Crippen LogP contribution in [0, 0.1) is 13.8 Å². The highest BCUT2D eigenvalue weighted by Gasteiger charge is 2.40. The second-order valence-corrected chi connectivity index (χ2v) is 8.34. The Morgan fingerprint density at radius 3 is 2.29 bits per heavy atom. The molecule has 7 heteroatoms. The second kappa shape index (κ2) is 5.07. The molecule has 3 heterocycles. The van der Waals surface area contributed by atoms with Crippen molar-refractivity contribution in [1.29, 1.82) is 0 Å². The van der Waals surface area contributed by atoms with Gasteiger partial charge in [0.15, 0.2) is 0 Å². The van der Waals surface area contributed by atoms with Crippen LogP contribution in [-0.4, -0.2) is 47.7 Å². The molecule has 1 N–H and O–H groups in total. The number of piperidine rings is 1. The number of nitrogens with one attached hydrogen (secondary N) is 1. The molecule has 6 nitrogen and oxygen atoms in total. The lowest BCUT2D eigenvalue weighted by Gasteiger charge is -2.34. The van der Waals surface area contributed by atoms with E-state index in [1.807, 2.05) is 6.92 Å². The number of aromatic nitrogens is 2. The molecule has 1 aromatic rings. The first-order valence-corrected chi connectivity index (χ1v) is 8.99. The fraction of sp³-hybridized carbons (Fsp3) is 0.786. The van der Waals surface area contributed by atoms with Gasteiger partial charge in [-0.25, -0.2) is 8.42 Å². The standard InChI is InChI=1S/C14H24N4O2S/c1-9-14(10(2)17(3)16-9)21(19,20)18(4)13-7-11-5-6-12(8-13)15-11/h11-13,15H,5-8H2,1-4H3. The van der Waals surface area contributed by atoms with Crippen LogP contribution >= 0.6 is 0 Å². The Bertz CT molecular complexity index is 640. The topological polar surface area (TPSA) is 67.2 Å². The lowest BCUT2D eigenvalue weighted by Crippen LogP contribution is -2.48. The van der Waals surface area contributed by atoms with Gasteiger partial charge in [0.05, 0.1) is 11.4 Å². The number of rotatable bonds is 3. The number of sulfonamides is 1. The third-order valence-electron chi connectivity index (χ3n) is 5.04. The number of hydrogen-bond acceptors (Lipinski definition) is 4. The maximum atomic E-state index is 13.0. The summed E-state index contributed by atoms with van der Waals surface area (Å²) < 4.78 is 29.2. The Balaban J connectivity index is 1.91. The summed E-state index contributed by atoms with van der Waals surface area (Å²) in [6.07, 6.45) is 4.15. The van der Waals surface area contributed by atoms with Crippen molar-refractivity contribution in [3.63, 3.8) is 0 Å². The monoisotopic (exact) mass is 312 g/mol. The van der Waals surface area contributed by atoms with Gasteiger partial charge in [-0.3, -0.25) is 4.68 Å². The Morgan fingerprint density at radius 1 is 1.24 bits per heavy atom. The van der Waals surface area contributed by atoms with Crippen molar-refractivity contribution in [2.45, 2.75) is 62.6 Å². The first-order valence-electron chi connectivity index (χ1n) is 7.55. The summed E-state index contributed by atoms with van der Waals surface area (Å²) in [6.45, 7) is 3.58. The summed E-state index contributed by atoms with van der Waals surface area (Å²) in [7, 11) is 0.0268. The highest BCUT2D eigenvalue weighted by molar-refractivity contribution is 7.89. The third kappa shape index (κ3) is 2.41. The summed E-state index contributed by atoms with van der Waals surface area (Å²) in [5, 5.41) is 7.80. The van der Waals surface area contributed by atoms with Crippen molar-refractivity contribution >= 4 is 10.0 Å². The summed E-state index contributed by atoms with van der Waals surface area (Å²) in [4.78, 5) is 0.373. The van der Waals surface area contributed by atoms with Crippen molar-refractivity contribution in [2.75, 3.05) is 7.05 Å². The molecule has 118 valence electrons. The molecule has 2 bridgehead atoms. The predicted molar refractivity (Wildman–Crippen MR) is 80.6 cm³/mol. The van der Waals surface area contributed by atoms with Crippen LogP contribution in [0.15, 0.2) is 4.90 Å². The summed E-state index contributed by atoms with van der Waals surface area (Å²) >= 11 is 0. The van der Waals surface area contributed by atoms with Crippen LogP contribution in [0.25, 0.3) is 0 Å². The summed E-state index contributed by atoms with van der Waals surface area (Å²) in [5.74, 6) is 0. The van der Waals surface area contributed by atoms with Gasteiger partial charge < -0.3 is 5.32 Å². The van der Waals surface area contributed by atoms with E-state index in [4.69, 9.17) is 0 Å². The van der Waals surface area contributed by atoms with Crippen LogP contribution in [0.1, 0.15) is 37.1 Å². The molecular formula is C14H24N4O2S. The van der Waals surface area contributed by atoms with E-state index >= 15 is 0 Å². The first-order chi connectivity index (χ1) is 9.80. The third-order valence-corrected chi connectivity index (χ3v) is 7.21. The van der Waals surface area contributed by atoms with E-state index in [0.717, 1.165) is 12.8 Å². The van der Waals surface area contributed by atoms with Crippen LogP contribution in [-0.2, 0) is 17.1 Å². The predicted octanol–water partition coefficient (Wildman–Crippen LogP) is 0.940. The molecule has 0 spiro atoms. The van der Waals surface area contributed by atoms with E-state index in [1.165, 1.54) is 12.8 Å². The zero-order valence-electron chi connectivity index (χ0n) is 13.1. The maximum Gasteiger partial charge on any atom is 0.246 e. The molecule has 0 amide bonds. The fourth-order valence-corrected chi connectivity index (χ4v) is 5.56. The minimum Gasteiger partial charge on any atom is -0.311 e. The van der Waals surface area contributed by atoms with E-state index in [9.17, 15) is 8.42 Å². The maximum absolute atomic E-state index is 13.0. The molecule has 0 aromatic carbocycles. The van der Waals surface area contributed by atoms with Crippen LogP contribution in [0.4, 0.5) is 0 Å². The Labute approximate surface area is 126 Å². The quantitative estimate of drug-likeness (QED) is 0.902. The van der Waals surface area contributed by atoms with E-state index in [1.54, 1.807) is 30.0 Å². The number of fused-ring (bicyclic) bond motifs is 2. The van der Waals surface area contributed by atoms with E-state index in [2.05, 4.69) is 10.4 Å². The van der Waals surface area contributed by atoms with Gasteiger partial charge in [-0.15, -0.1) is 0 Å². The molecular weight excluding hydrogens is 288 g/mol. The molecule has 21 heavy (non-hydrogen) atoms. The molecule has 0 aliphatic carbocycles. The van der Waals surface area contributed by atoms with Crippen LogP contribution in [0.2, 0.25) is 0 Å². The van der Waals surface area contributed by atoms with E-state index < -0.39 is 10.0 Å². The molecule has 3 rings (SSSR count). The van der Waals surface area contributed by atoms with Gasteiger partial charge in [0.1, 0.15) is 4.90 Å². The Morgan fingerprint density at radius 2 is 1.81 bits per heavy atom. The highest BCUT2D eigenvalue weighted by Crippen LogP contribution is 2.32. The number of hydrogen-bond donors (Lipinski definition) is 1. The SMILES string of the molecule is Cc1nn(C)c(C)c1S(=O)(=O)N(C)C1CC2CCC(C1)N2. The molecule has 2 aliphatic heterocycles. The zero-order valence-corrected chi connectivity index (χ0v) is 13.9. The van der Waals surface area contributed by atoms with Crippen LogP contribution in [0.3, 0.4) is 0 Å². The summed E-state index contributed by atoms with van der Waals surface area (Å²) in [5.41, 5.74) is 1.29. The van der Waals surface area contributed by atoms with Gasteiger partial charge in [0.25, 0.3) is 0 Å². The van der Waals surface area contributed by atoms with Crippen molar-refractivity contribution in [2.24, 2.45) is 7.05 Å². The average molecular weight is 312 g/mol. The highest BCUT2D eigenvalue weighted by atomic mass is 32.2. The molecule has 2 atom stereocenters. The van der Waals surface area contributed by atoms with Crippen molar-refractivity contribution in [3.05, 3.63) is 11.4 Å². The van der Waals surface area contributed by atoms with Crippen molar-refractivity contribution in [1.82, 2.24) is 19.4 Å². The molecule has 2 unspecified atom stereocenters.